The van der Waals surface area contributed by atoms with Crippen LogP contribution in [-0.4, -0.2) is 39.2 Å². The number of carbonyl (C=O) groups is 1. The molecule has 1 saturated heterocycles. The van der Waals surface area contributed by atoms with Gasteiger partial charge in [-0.25, -0.2) is 4.98 Å². The summed E-state index contributed by atoms with van der Waals surface area (Å²) in [4.78, 5) is 19.1. The van der Waals surface area contributed by atoms with E-state index >= 15 is 0 Å². The number of likely N-dealkylation sites (tertiary alicyclic amines) is 1. The highest BCUT2D eigenvalue weighted by molar-refractivity contribution is 7.99. The van der Waals surface area contributed by atoms with Crippen molar-refractivity contribution in [1.82, 2.24) is 14.5 Å². The van der Waals surface area contributed by atoms with Crippen LogP contribution < -0.4 is 0 Å². The van der Waals surface area contributed by atoms with E-state index in [4.69, 9.17) is 16.6 Å². The molecule has 4 nitrogen and oxygen atoms in total. The smallest absolute Gasteiger partial charge is 0.233 e. The highest BCUT2D eigenvalue weighted by atomic mass is 35.5. The second-order valence-electron chi connectivity index (χ2n) is 6.48. The highest BCUT2D eigenvalue weighted by Gasteiger charge is 2.20. The second-order valence-corrected chi connectivity index (χ2v) is 7.85. The predicted molar refractivity (Wildman–Crippen MR) is 107 cm³/mol. The van der Waals surface area contributed by atoms with Crippen molar-refractivity contribution in [3.05, 3.63) is 59.1 Å². The van der Waals surface area contributed by atoms with Crippen LogP contribution >= 0.6 is 23.4 Å². The molecule has 134 valence electrons. The summed E-state index contributed by atoms with van der Waals surface area (Å²) in [6.07, 6.45) is 2.23. The molecule has 0 unspecified atom stereocenters. The summed E-state index contributed by atoms with van der Waals surface area (Å²) in [5.41, 5.74) is 3.10. The van der Waals surface area contributed by atoms with E-state index in [2.05, 4.69) is 16.7 Å². The Morgan fingerprint density at radius 2 is 1.88 bits per heavy atom. The number of hydrogen-bond donors (Lipinski definition) is 0. The van der Waals surface area contributed by atoms with Gasteiger partial charge >= 0.3 is 0 Å². The number of carbonyl (C=O) groups excluding carboxylic acids is 1. The van der Waals surface area contributed by atoms with Gasteiger partial charge in [-0.3, -0.25) is 4.79 Å². The van der Waals surface area contributed by atoms with Crippen molar-refractivity contribution in [2.45, 2.75) is 24.5 Å². The summed E-state index contributed by atoms with van der Waals surface area (Å²) in [5, 5.41) is 1.53. The molecule has 1 aliphatic heterocycles. The summed E-state index contributed by atoms with van der Waals surface area (Å²) in [5.74, 6) is 0.620. The Hall–Kier alpha value is -1.98. The van der Waals surface area contributed by atoms with Crippen LogP contribution in [-0.2, 0) is 11.3 Å². The fraction of sp³-hybridized carbons (Fsp3) is 0.300. The molecule has 0 N–H and O–H groups in total. The Bertz CT molecular complexity index is 919. The molecule has 1 aromatic heterocycles. The molecule has 1 aliphatic rings. The van der Waals surface area contributed by atoms with Gasteiger partial charge in [0.15, 0.2) is 5.16 Å². The lowest BCUT2D eigenvalue weighted by Crippen LogP contribution is -2.29. The molecule has 4 rings (SSSR count). The SMILES string of the molecule is O=C(CSc1nc2cc(Cl)ccc2n1Cc1ccccc1)N1CCCC1. The molecule has 2 heterocycles. The zero-order valence-corrected chi connectivity index (χ0v) is 16.0. The molecule has 0 spiro atoms. The first-order valence-corrected chi connectivity index (χ1v) is 10.2. The van der Waals surface area contributed by atoms with Crippen molar-refractivity contribution in [2.75, 3.05) is 18.8 Å². The molecule has 3 aromatic rings. The van der Waals surface area contributed by atoms with Crippen LogP contribution in [0.2, 0.25) is 5.02 Å². The zero-order chi connectivity index (χ0) is 17.9. The molecule has 0 aliphatic carbocycles. The second kappa shape index (κ2) is 7.72. The van der Waals surface area contributed by atoms with Crippen molar-refractivity contribution < 1.29 is 4.79 Å². The fourth-order valence-electron chi connectivity index (χ4n) is 3.29. The molecule has 0 bridgehead atoms. The first kappa shape index (κ1) is 17.4. The van der Waals surface area contributed by atoms with Gasteiger partial charge in [-0.2, -0.15) is 0 Å². The first-order chi connectivity index (χ1) is 12.7. The minimum Gasteiger partial charge on any atom is -0.342 e. The number of halogens is 1. The van der Waals surface area contributed by atoms with Crippen molar-refractivity contribution in [1.29, 1.82) is 0 Å². The highest BCUT2D eigenvalue weighted by Crippen LogP contribution is 2.27. The summed E-state index contributed by atoms with van der Waals surface area (Å²) in [6.45, 7) is 2.49. The molecule has 6 heteroatoms. The monoisotopic (exact) mass is 385 g/mol. The van der Waals surface area contributed by atoms with E-state index < -0.39 is 0 Å². The van der Waals surface area contributed by atoms with Crippen molar-refractivity contribution in [3.8, 4) is 0 Å². The number of nitrogens with zero attached hydrogens (tertiary/aromatic N) is 3. The van der Waals surface area contributed by atoms with E-state index in [1.54, 1.807) is 0 Å². The third kappa shape index (κ3) is 3.74. The van der Waals surface area contributed by atoms with Crippen LogP contribution in [0.4, 0.5) is 0 Å². The lowest BCUT2D eigenvalue weighted by Gasteiger charge is -2.15. The number of hydrogen-bond acceptors (Lipinski definition) is 3. The van der Waals surface area contributed by atoms with Gasteiger partial charge in [-0.15, -0.1) is 0 Å². The third-order valence-corrected chi connectivity index (χ3v) is 5.84. The quantitative estimate of drug-likeness (QED) is 0.609. The fourth-order valence-corrected chi connectivity index (χ4v) is 4.38. The number of imidazole rings is 1. The van der Waals surface area contributed by atoms with Crippen LogP contribution in [0.15, 0.2) is 53.7 Å². The van der Waals surface area contributed by atoms with Crippen molar-refractivity contribution in [2.24, 2.45) is 0 Å². The van der Waals surface area contributed by atoms with Gasteiger partial charge in [-0.05, 0) is 36.6 Å². The van der Waals surface area contributed by atoms with Crippen molar-refractivity contribution in [3.63, 3.8) is 0 Å². The minimum atomic E-state index is 0.198. The maximum Gasteiger partial charge on any atom is 0.233 e. The Balaban J connectivity index is 1.61. The van der Waals surface area contributed by atoms with E-state index in [0.29, 0.717) is 10.8 Å². The normalized spacial score (nSPS) is 14.3. The summed E-state index contributed by atoms with van der Waals surface area (Å²) in [6, 6.07) is 16.1. The van der Waals surface area contributed by atoms with Gasteiger partial charge in [0.25, 0.3) is 0 Å². The average Bonchev–Trinajstić information content (AvgIpc) is 3.29. The van der Waals surface area contributed by atoms with E-state index in [9.17, 15) is 4.79 Å². The standard InChI is InChI=1S/C20H20ClN3OS/c21-16-8-9-18-17(12-16)22-20(24(18)13-15-6-2-1-3-7-15)26-14-19(25)23-10-4-5-11-23/h1-3,6-9,12H,4-5,10-11,13-14H2. The maximum absolute atomic E-state index is 12.4. The molecule has 1 amide bonds. The van der Waals surface area contributed by atoms with Gasteiger partial charge in [0.1, 0.15) is 0 Å². The topological polar surface area (TPSA) is 38.1 Å². The Kier molecular flexibility index (Phi) is 5.18. The van der Waals surface area contributed by atoms with Gasteiger partial charge in [-0.1, -0.05) is 53.7 Å². The summed E-state index contributed by atoms with van der Waals surface area (Å²) < 4.78 is 2.17. The van der Waals surface area contributed by atoms with Gasteiger partial charge in [0.2, 0.25) is 5.91 Å². The molecule has 0 radical (unpaired) electrons. The Morgan fingerprint density at radius 3 is 2.65 bits per heavy atom. The number of rotatable bonds is 5. The van der Waals surface area contributed by atoms with Gasteiger partial charge in [0.05, 0.1) is 23.3 Å². The number of thioether (sulfide) groups is 1. The van der Waals surface area contributed by atoms with Crippen LogP contribution in [0.1, 0.15) is 18.4 Å². The van der Waals surface area contributed by atoms with Gasteiger partial charge < -0.3 is 9.47 Å². The molecule has 26 heavy (non-hydrogen) atoms. The first-order valence-electron chi connectivity index (χ1n) is 8.81. The van der Waals surface area contributed by atoms with Crippen LogP contribution in [0.5, 0.6) is 0 Å². The summed E-state index contributed by atoms with van der Waals surface area (Å²) in [7, 11) is 0. The Labute approximate surface area is 162 Å². The minimum absolute atomic E-state index is 0.198. The number of amides is 1. The van der Waals surface area contributed by atoms with Crippen LogP contribution in [0.25, 0.3) is 11.0 Å². The van der Waals surface area contributed by atoms with E-state index in [1.807, 2.05) is 41.3 Å². The van der Waals surface area contributed by atoms with Crippen LogP contribution in [0.3, 0.4) is 0 Å². The van der Waals surface area contributed by atoms with Crippen LogP contribution in [0, 0.1) is 0 Å². The largest absolute Gasteiger partial charge is 0.342 e. The predicted octanol–water partition coefficient (Wildman–Crippen LogP) is 4.45. The molecular weight excluding hydrogens is 366 g/mol. The molecule has 2 aromatic carbocycles. The molecular formula is C20H20ClN3OS. The van der Waals surface area contributed by atoms with E-state index in [0.717, 1.165) is 48.7 Å². The van der Waals surface area contributed by atoms with E-state index in [1.165, 1.54) is 17.3 Å². The third-order valence-electron chi connectivity index (χ3n) is 4.64. The van der Waals surface area contributed by atoms with Crippen molar-refractivity contribution >= 4 is 40.3 Å². The summed E-state index contributed by atoms with van der Waals surface area (Å²) >= 11 is 7.65. The Morgan fingerprint density at radius 1 is 1.12 bits per heavy atom. The number of fused-ring (bicyclic) bond motifs is 1. The molecule has 0 atom stereocenters. The number of aromatic nitrogens is 2. The lowest BCUT2D eigenvalue weighted by atomic mass is 10.2. The average molecular weight is 386 g/mol. The maximum atomic E-state index is 12.4. The zero-order valence-electron chi connectivity index (χ0n) is 14.4. The molecule has 0 saturated carbocycles. The van der Waals surface area contributed by atoms with Gasteiger partial charge in [0, 0.05) is 18.1 Å². The lowest BCUT2D eigenvalue weighted by molar-refractivity contribution is -0.127. The molecule has 1 fully saturated rings. The van der Waals surface area contributed by atoms with E-state index in [-0.39, 0.29) is 5.91 Å². The number of benzene rings is 2.